The first-order valence-corrected chi connectivity index (χ1v) is 19.7. The minimum atomic E-state index is -4.04. The van der Waals surface area contributed by atoms with Gasteiger partial charge >= 0.3 is 0 Å². The van der Waals surface area contributed by atoms with Gasteiger partial charge in [-0.25, -0.2) is 8.42 Å². The number of carbonyl (C=O) groups is 1. The van der Waals surface area contributed by atoms with Crippen molar-refractivity contribution < 1.29 is 13.2 Å². The zero-order valence-corrected chi connectivity index (χ0v) is 30.2. The number of rotatable bonds is 4. The maximum atomic E-state index is 14.5. The summed E-state index contributed by atoms with van der Waals surface area (Å²) in [6.45, 7) is 0. The first-order valence-electron chi connectivity index (χ1n) is 18.2. The lowest BCUT2D eigenvalue weighted by Gasteiger charge is -2.20. The first-order chi connectivity index (χ1) is 27.0. The predicted octanol–water partition coefficient (Wildman–Crippen LogP) is 11.6. The highest BCUT2D eigenvalue weighted by molar-refractivity contribution is 7.91. The van der Waals surface area contributed by atoms with Gasteiger partial charge in [0.15, 0.2) is 5.78 Å². The Hall–Kier alpha value is -7.02. The molecule has 10 aromatic rings. The fraction of sp³-hybridized carbons (Fsp3) is 0. The smallest absolute Gasteiger partial charge is 0.208 e. The summed E-state index contributed by atoms with van der Waals surface area (Å²) in [5.74, 6) is -0.291. The van der Waals surface area contributed by atoms with E-state index in [0.717, 1.165) is 77.2 Å². The van der Waals surface area contributed by atoms with Crippen LogP contribution in [-0.2, 0) is 9.84 Å². The van der Waals surface area contributed by atoms with Gasteiger partial charge in [-0.05, 0) is 107 Å². The Morgan fingerprint density at radius 1 is 0.345 bits per heavy atom. The van der Waals surface area contributed by atoms with Crippen LogP contribution in [-0.4, -0.2) is 23.3 Å². The molecule has 0 saturated carbocycles. The summed E-state index contributed by atoms with van der Waals surface area (Å²) in [5.41, 5.74) is 10.0. The van der Waals surface area contributed by atoms with Crippen molar-refractivity contribution in [3.8, 4) is 33.6 Å². The lowest BCUT2D eigenvalue weighted by molar-refractivity contribution is 0.103. The molecule has 2 aromatic heterocycles. The first kappa shape index (κ1) is 31.5. The highest BCUT2D eigenvalue weighted by Crippen LogP contribution is 2.41. The maximum Gasteiger partial charge on any atom is 0.208 e. The van der Waals surface area contributed by atoms with E-state index in [1.165, 1.54) is 0 Å². The van der Waals surface area contributed by atoms with Gasteiger partial charge in [-0.1, -0.05) is 97.1 Å². The molecule has 11 rings (SSSR count). The van der Waals surface area contributed by atoms with Crippen LogP contribution in [0.25, 0.3) is 77.2 Å². The predicted molar refractivity (Wildman–Crippen MR) is 221 cm³/mol. The topological polar surface area (TPSA) is 61.1 Å². The van der Waals surface area contributed by atoms with Crippen molar-refractivity contribution in [1.82, 2.24) is 9.13 Å². The normalized spacial score (nSPS) is 13.4. The van der Waals surface area contributed by atoms with Crippen molar-refractivity contribution in [2.45, 2.75) is 9.79 Å². The molecule has 0 saturated heterocycles. The van der Waals surface area contributed by atoms with Crippen molar-refractivity contribution in [3.05, 3.63) is 193 Å². The highest BCUT2D eigenvalue weighted by Gasteiger charge is 2.35. The van der Waals surface area contributed by atoms with E-state index in [2.05, 4.69) is 81.9 Å². The summed E-state index contributed by atoms with van der Waals surface area (Å²) in [6.07, 6.45) is 0. The molecule has 55 heavy (non-hydrogen) atoms. The minimum Gasteiger partial charge on any atom is -0.309 e. The van der Waals surface area contributed by atoms with Gasteiger partial charge < -0.3 is 9.13 Å². The number of para-hydroxylation sites is 4. The quantitative estimate of drug-likeness (QED) is 0.181. The Morgan fingerprint density at radius 2 is 0.709 bits per heavy atom. The van der Waals surface area contributed by atoms with E-state index in [1.54, 1.807) is 24.3 Å². The van der Waals surface area contributed by atoms with Crippen molar-refractivity contribution in [1.29, 1.82) is 0 Å². The van der Waals surface area contributed by atoms with Crippen LogP contribution >= 0.6 is 0 Å². The van der Waals surface area contributed by atoms with Gasteiger partial charge in [-0.3, -0.25) is 4.79 Å². The van der Waals surface area contributed by atoms with E-state index in [1.807, 2.05) is 84.9 Å². The van der Waals surface area contributed by atoms with Gasteiger partial charge in [-0.15, -0.1) is 0 Å². The Balaban J connectivity index is 1.02. The van der Waals surface area contributed by atoms with Crippen molar-refractivity contribution in [3.63, 3.8) is 0 Å². The molecule has 6 heteroatoms. The fourth-order valence-electron chi connectivity index (χ4n) is 8.50. The summed E-state index contributed by atoms with van der Waals surface area (Å²) in [7, 11) is -4.04. The number of hydrogen-bond donors (Lipinski definition) is 0. The van der Waals surface area contributed by atoms with Crippen molar-refractivity contribution in [2.75, 3.05) is 0 Å². The van der Waals surface area contributed by atoms with Crippen LogP contribution in [0.4, 0.5) is 0 Å². The van der Waals surface area contributed by atoms with E-state index in [9.17, 15) is 13.2 Å². The number of carbonyl (C=O) groups excluding carboxylic acids is 1. The molecule has 0 fully saturated rings. The number of benzene rings is 8. The van der Waals surface area contributed by atoms with Gasteiger partial charge in [0.25, 0.3) is 0 Å². The van der Waals surface area contributed by atoms with Crippen molar-refractivity contribution >= 4 is 59.2 Å². The average Bonchev–Trinajstić information content (AvgIpc) is 3.75. The van der Waals surface area contributed by atoms with E-state index in [0.29, 0.717) is 0 Å². The third-order valence-corrected chi connectivity index (χ3v) is 12.9. The summed E-state index contributed by atoms with van der Waals surface area (Å²) in [6, 6.07) is 60.0. The van der Waals surface area contributed by atoms with Crippen LogP contribution in [0.1, 0.15) is 15.9 Å². The molecule has 0 atom stereocenters. The van der Waals surface area contributed by atoms with Crippen LogP contribution in [0.2, 0.25) is 0 Å². The zero-order valence-electron chi connectivity index (χ0n) is 29.3. The van der Waals surface area contributed by atoms with Gasteiger partial charge in [0.05, 0.1) is 31.9 Å². The zero-order chi connectivity index (χ0) is 36.8. The van der Waals surface area contributed by atoms with Gasteiger partial charge in [-0.2, -0.15) is 0 Å². The average molecular weight is 727 g/mol. The molecule has 1 aliphatic rings. The summed E-state index contributed by atoms with van der Waals surface area (Å²) >= 11 is 0. The highest BCUT2D eigenvalue weighted by atomic mass is 32.2. The lowest BCUT2D eigenvalue weighted by Crippen LogP contribution is -2.20. The number of nitrogens with zero attached hydrogens (tertiary/aromatic N) is 2. The fourth-order valence-corrected chi connectivity index (χ4v) is 10.2. The molecule has 0 aliphatic carbocycles. The standard InChI is InChI=1S/C49H30N2O3S/c52-49-39-23-19-33(31-21-25-45-41(27-31)37-15-7-9-17-43(37)50(45)35-11-3-1-4-12-35)29-47(39)55(53,54)48-30-34(20-24-40(48)49)32-22-26-46-42(28-32)38-16-8-10-18-44(38)51(46)36-13-5-2-6-14-36/h1-30H. The molecule has 3 heterocycles. The third kappa shape index (κ3) is 4.65. The second-order valence-electron chi connectivity index (χ2n) is 14.1. The van der Waals surface area contributed by atoms with Crippen LogP contribution < -0.4 is 0 Å². The molecule has 0 N–H and O–H groups in total. The Labute approximate surface area is 316 Å². The Morgan fingerprint density at radius 3 is 1.16 bits per heavy atom. The summed E-state index contributed by atoms with van der Waals surface area (Å²) in [4.78, 5) is 14.0. The van der Waals surface area contributed by atoms with Gasteiger partial charge in [0.1, 0.15) is 0 Å². The SMILES string of the molecule is O=C1c2ccc(-c3ccc4c(c3)c3ccccc3n4-c3ccccc3)cc2S(=O)(=O)c2cc(-c3ccc4c(c3)c3ccccc3n4-c3ccccc3)ccc21. The Bertz CT molecular complexity index is 3120. The molecule has 0 unspecified atom stereocenters. The molecule has 5 nitrogen and oxygen atoms in total. The van der Waals surface area contributed by atoms with Crippen LogP contribution in [0.15, 0.2) is 192 Å². The molecule has 1 aliphatic heterocycles. The Kier molecular flexibility index (Phi) is 6.72. The van der Waals surface area contributed by atoms with Crippen LogP contribution in [0.5, 0.6) is 0 Å². The molecular weight excluding hydrogens is 697 g/mol. The van der Waals surface area contributed by atoms with Crippen LogP contribution in [0, 0.1) is 0 Å². The molecule has 0 amide bonds. The van der Waals surface area contributed by atoms with E-state index >= 15 is 0 Å². The van der Waals surface area contributed by atoms with E-state index in [-0.39, 0.29) is 26.7 Å². The molecule has 0 radical (unpaired) electrons. The second kappa shape index (κ2) is 11.7. The van der Waals surface area contributed by atoms with Crippen LogP contribution in [0.3, 0.4) is 0 Å². The number of hydrogen-bond acceptors (Lipinski definition) is 3. The molecule has 0 spiro atoms. The summed E-state index contributed by atoms with van der Waals surface area (Å²) < 4.78 is 33.6. The molecule has 8 aromatic carbocycles. The van der Waals surface area contributed by atoms with E-state index < -0.39 is 9.84 Å². The maximum absolute atomic E-state index is 14.5. The third-order valence-electron chi connectivity index (χ3n) is 11.1. The molecule has 260 valence electrons. The molecule has 0 bridgehead atoms. The van der Waals surface area contributed by atoms with Gasteiger partial charge in [0, 0.05) is 44.0 Å². The van der Waals surface area contributed by atoms with Gasteiger partial charge in [0.2, 0.25) is 9.84 Å². The summed E-state index contributed by atoms with van der Waals surface area (Å²) in [5, 5.41) is 4.33. The largest absolute Gasteiger partial charge is 0.309 e. The number of sulfone groups is 1. The van der Waals surface area contributed by atoms with Crippen molar-refractivity contribution in [2.24, 2.45) is 0 Å². The number of ketones is 1. The number of fused-ring (bicyclic) bond motifs is 8. The minimum absolute atomic E-state index is 0.0350. The monoisotopic (exact) mass is 726 g/mol. The second-order valence-corrected chi connectivity index (χ2v) is 16.0. The van der Waals surface area contributed by atoms with E-state index in [4.69, 9.17) is 0 Å². The number of aromatic nitrogens is 2. The molecular formula is C49H30N2O3S. The lowest BCUT2D eigenvalue weighted by atomic mass is 9.96.